The van der Waals surface area contributed by atoms with Crippen molar-refractivity contribution in [2.24, 2.45) is 5.92 Å². The topological polar surface area (TPSA) is 62.8 Å². The minimum Gasteiger partial charge on any atom is -0.497 e. The summed E-state index contributed by atoms with van der Waals surface area (Å²) >= 11 is 0. The molecule has 1 aliphatic heterocycles. The van der Waals surface area contributed by atoms with E-state index in [-0.39, 0.29) is 6.03 Å². The molecule has 23 heavy (non-hydrogen) atoms. The second-order valence-electron chi connectivity index (χ2n) is 5.86. The van der Waals surface area contributed by atoms with Crippen molar-refractivity contribution in [3.8, 4) is 5.75 Å². The van der Waals surface area contributed by atoms with Crippen LogP contribution in [0.4, 0.5) is 4.79 Å². The maximum absolute atomic E-state index is 11.9. The summed E-state index contributed by atoms with van der Waals surface area (Å²) in [6.45, 7) is 5.05. The van der Waals surface area contributed by atoms with E-state index in [2.05, 4.69) is 15.5 Å². The molecule has 1 aromatic rings. The van der Waals surface area contributed by atoms with Gasteiger partial charge < -0.3 is 25.0 Å². The van der Waals surface area contributed by atoms with Gasteiger partial charge in [0.2, 0.25) is 0 Å². The molecule has 2 amide bonds. The molecule has 2 N–H and O–H groups in total. The molecule has 1 saturated heterocycles. The number of benzene rings is 1. The molecule has 128 valence electrons. The normalized spacial score (nSPS) is 17.9. The molecule has 1 heterocycles. The third-order valence-electron chi connectivity index (χ3n) is 4.12. The fraction of sp³-hybridized carbons (Fsp3) is 0.588. The summed E-state index contributed by atoms with van der Waals surface area (Å²) in [5, 5.41) is 5.84. The predicted octanol–water partition coefficient (Wildman–Crippen LogP) is 1.46. The highest BCUT2D eigenvalue weighted by atomic mass is 16.5. The number of amides is 2. The van der Waals surface area contributed by atoms with Crippen LogP contribution in [0.2, 0.25) is 0 Å². The van der Waals surface area contributed by atoms with Gasteiger partial charge in [-0.2, -0.15) is 0 Å². The van der Waals surface area contributed by atoms with Crippen LogP contribution in [-0.4, -0.2) is 57.9 Å². The number of hydrogen-bond acceptors (Lipinski definition) is 4. The van der Waals surface area contributed by atoms with Crippen LogP contribution in [0.3, 0.4) is 0 Å². The highest BCUT2D eigenvalue weighted by Gasteiger charge is 2.22. The zero-order chi connectivity index (χ0) is 16.5. The smallest absolute Gasteiger partial charge is 0.315 e. The third-order valence-corrected chi connectivity index (χ3v) is 4.12. The maximum Gasteiger partial charge on any atom is 0.315 e. The molecule has 0 aliphatic carbocycles. The number of carbonyl (C=O) groups excluding carboxylic acids is 1. The number of carbonyl (C=O) groups is 1. The number of ether oxygens (including phenoxy) is 2. The third kappa shape index (κ3) is 6.08. The second-order valence-corrected chi connectivity index (χ2v) is 5.86. The fourth-order valence-electron chi connectivity index (χ4n) is 2.77. The van der Waals surface area contributed by atoms with Crippen molar-refractivity contribution >= 4 is 6.03 Å². The highest BCUT2D eigenvalue weighted by Crippen LogP contribution is 2.15. The molecule has 1 atom stereocenters. The second kappa shape index (κ2) is 9.37. The lowest BCUT2D eigenvalue weighted by molar-refractivity contribution is 0.159. The van der Waals surface area contributed by atoms with Crippen molar-refractivity contribution in [3.63, 3.8) is 0 Å². The highest BCUT2D eigenvalue weighted by molar-refractivity contribution is 5.73. The van der Waals surface area contributed by atoms with Crippen molar-refractivity contribution in [3.05, 3.63) is 29.8 Å². The molecule has 2 rings (SSSR count). The van der Waals surface area contributed by atoms with Gasteiger partial charge in [-0.3, -0.25) is 0 Å². The largest absolute Gasteiger partial charge is 0.497 e. The zero-order valence-electron chi connectivity index (χ0n) is 14.0. The summed E-state index contributed by atoms with van der Waals surface area (Å²) in [6, 6.07) is 7.57. The quantitative estimate of drug-likeness (QED) is 0.761. The van der Waals surface area contributed by atoms with Crippen LogP contribution in [0.25, 0.3) is 0 Å². The number of likely N-dealkylation sites (tertiary alicyclic amines) is 1. The van der Waals surface area contributed by atoms with Crippen molar-refractivity contribution < 1.29 is 14.3 Å². The Kier molecular flexibility index (Phi) is 7.16. The molecule has 6 heteroatoms. The Morgan fingerprint density at radius 3 is 3.00 bits per heavy atom. The first-order valence-corrected chi connectivity index (χ1v) is 8.07. The molecule has 1 fully saturated rings. The molecule has 0 bridgehead atoms. The lowest BCUT2D eigenvalue weighted by Crippen LogP contribution is -2.38. The summed E-state index contributed by atoms with van der Waals surface area (Å²) < 4.78 is 10.3. The SMILES string of the molecule is COCCN1CCC(CNC(=O)NCc2cccc(OC)c2)C1. The summed E-state index contributed by atoms with van der Waals surface area (Å²) in [4.78, 5) is 14.3. The van der Waals surface area contributed by atoms with Gasteiger partial charge >= 0.3 is 6.03 Å². The van der Waals surface area contributed by atoms with E-state index in [1.54, 1.807) is 14.2 Å². The van der Waals surface area contributed by atoms with E-state index < -0.39 is 0 Å². The van der Waals surface area contributed by atoms with Crippen LogP contribution in [-0.2, 0) is 11.3 Å². The van der Waals surface area contributed by atoms with Gasteiger partial charge in [-0.1, -0.05) is 12.1 Å². The summed E-state index contributed by atoms with van der Waals surface area (Å²) in [5.41, 5.74) is 1.02. The van der Waals surface area contributed by atoms with Gasteiger partial charge in [0.25, 0.3) is 0 Å². The molecule has 0 spiro atoms. The summed E-state index contributed by atoms with van der Waals surface area (Å²) in [6.07, 6.45) is 1.12. The lowest BCUT2D eigenvalue weighted by atomic mass is 10.1. The van der Waals surface area contributed by atoms with Crippen LogP contribution in [0.15, 0.2) is 24.3 Å². The van der Waals surface area contributed by atoms with Crippen LogP contribution in [0, 0.1) is 5.92 Å². The Morgan fingerprint density at radius 2 is 2.22 bits per heavy atom. The van der Waals surface area contributed by atoms with Gasteiger partial charge in [-0.05, 0) is 36.6 Å². The molecule has 1 aromatic carbocycles. The van der Waals surface area contributed by atoms with Crippen LogP contribution >= 0.6 is 0 Å². The predicted molar refractivity (Wildman–Crippen MR) is 89.7 cm³/mol. The zero-order valence-corrected chi connectivity index (χ0v) is 14.0. The van der Waals surface area contributed by atoms with Crippen LogP contribution in [0.5, 0.6) is 5.75 Å². The number of methoxy groups -OCH3 is 2. The van der Waals surface area contributed by atoms with Gasteiger partial charge in [-0.15, -0.1) is 0 Å². The molecular weight excluding hydrogens is 294 g/mol. The van der Waals surface area contributed by atoms with Gasteiger partial charge in [-0.25, -0.2) is 4.79 Å². The van der Waals surface area contributed by atoms with Crippen molar-refractivity contribution in [1.82, 2.24) is 15.5 Å². The Bertz CT molecular complexity index is 496. The number of nitrogens with zero attached hydrogens (tertiary/aromatic N) is 1. The molecule has 0 saturated carbocycles. The average molecular weight is 321 g/mol. The van der Waals surface area contributed by atoms with E-state index in [4.69, 9.17) is 9.47 Å². The molecule has 6 nitrogen and oxygen atoms in total. The number of nitrogens with one attached hydrogen (secondary N) is 2. The molecule has 1 unspecified atom stereocenters. The van der Waals surface area contributed by atoms with E-state index in [0.717, 1.165) is 44.0 Å². The minimum atomic E-state index is -0.122. The Morgan fingerprint density at radius 1 is 1.35 bits per heavy atom. The lowest BCUT2D eigenvalue weighted by Gasteiger charge is -2.15. The van der Waals surface area contributed by atoms with Gasteiger partial charge in [0.1, 0.15) is 5.75 Å². The summed E-state index contributed by atoms with van der Waals surface area (Å²) in [5.74, 6) is 1.32. The number of urea groups is 1. The standard InChI is InChI=1S/C17H27N3O3/c1-22-9-8-20-7-6-15(13-20)12-19-17(21)18-11-14-4-3-5-16(10-14)23-2/h3-5,10,15H,6-9,11-13H2,1-2H3,(H2,18,19,21). The van der Waals surface area contributed by atoms with Crippen molar-refractivity contribution in [2.45, 2.75) is 13.0 Å². The van der Waals surface area contributed by atoms with Crippen molar-refractivity contribution in [1.29, 1.82) is 0 Å². The fourth-order valence-corrected chi connectivity index (χ4v) is 2.77. The first kappa shape index (κ1) is 17.6. The van der Waals surface area contributed by atoms with E-state index in [0.29, 0.717) is 19.0 Å². The summed E-state index contributed by atoms with van der Waals surface area (Å²) in [7, 11) is 3.36. The molecule has 0 radical (unpaired) electrons. The van der Waals surface area contributed by atoms with E-state index in [1.807, 2.05) is 24.3 Å². The Hall–Kier alpha value is -1.79. The van der Waals surface area contributed by atoms with Crippen LogP contribution in [0.1, 0.15) is 12.0 Å². The monoisotopic (exact) mass is 321 g/mol. The van der Waals surface area contributed by atoms with Gasteiger partial charge in [0.05, 0.1) is 13.7 Å². The Labute approximate surface area is 138 Å². The van der Waals surface area contributed by atoms with E-state index >= 15 is 0 Å². The average Bonchev–Trinajstić information content (AvgIpc) is 3.04. The maximum atomic E-state index is 11.9. The van der Waals surface area contributed by atoms with Gasteiger partial charge in [0.15, 0.2) is 0 Å². The molecular formula is C17H27N3O3. The van der Waals surface area contributed by atoms with E-state index in [1.165, 1.54) is 0 Å². The van der Waals surface area contributed by atoms with E-state index in [9.17, 15) is 4.79 Å². The Balaban J connectivity index is 1.63. The first-order chi connectivity index (χ1) is 11.2. The number of rotatable bonds is 8. The molecule has 0 aromatic heterocycles. The first-order valence-electron chi connectivity index (χ1n) is 8.07. The van der Waals surface area contributed by atoms with Crippen LogP contribution < -0.4 is 15.4 Å². The number of hydrogen-bond donors (Lipinski definition) is 2. The molecule has 1 aliphatic rings. The van der Waals surface area contributed by atoms with Crippen molar-refractivity contribution in [2.75, 3.05) is 47.0 Å². The minimum absolute atomic E-state index is 0.122. The van der Waals surface area contributed by atoms with Gasteiger partial charge in [0, 0.05) is 33.3 Å².